The van der Waals surface area contributed by atoms with E-state index >= 15 is 0 Å². The maximum Gasteiger partial charge on any atom is 0.310 e. The van der Waals surface area contributed by atoms with Gasteiger partial charge in [0.2, 0.25) is 0 Å². The average Bonchev–Trinajstić information content (AvgIpc) is 2.35. The highest BCUT2D eigenvalue weighted by Gasteiger charge is 2.27. The molecule has 0 unspecified atom stereocenters. The topological polar surface area (TPSA) is 66.4 Å². The zero-order chi connectivity index (χ0) is 13.8. The number of carbonyl (C=O) groups is 2. The molecule has 1 rings (SSSR count). The Morgan fingerprint density at radius 2 is 1.94 bits per heavy atom. The van der Waals surface area contributed by atoms with E-state index in [-0.39, 0.29) is 12.5 Å². The number of aliphatic carboxylic acids is 1. The standard InChI is InChI=1S/C13H17NO3S/c1-13(2,12(16)17)8-14-11(15)9-6-4-5-7-10(9)18-3/h4-7H,8H2,1-3H3,(H,14,15)(H,16,17). The number of rotatable bonds is 5. The smallest absolute Gasteiger partial charge is 0.310 e. The zero-order valence-corrected chi connectivity index (χ0v) is 11.5. The first-order valence-corrected chi connectivity index (χ1v) is 6.75. The van der Waals surface area contributed by atoms with Gasteiger partial charge in [0.15, 0.2) is 0 Å². The summed E-state index contributed by atoms with van der Waals surface area (Å²) >= 11 is 1.49. The van der Waals surface area contributed by atoms with E-state index in [0.29, 0.717) is 5.56 Å². The minimum Gasteiger partial charge on any atom is -0.481 e. The summed E-state index contributed by atoms with van der Waals surface area (Å²) in [6, 6.07) is 7.25. The van der Waals surface area contributed by atoms with Crippen molar-refractivity contribution in [2.24, 2.45) is 5.41 Å². The summed E-state index contributed by atoms with van der Waals surface area (Å²) in [5.74, 6) is -1.17. The van der Waals surface area contributed by atoms with Gasteiger partial charge in [-0.3, -0.25) is 9.59 Å². The number of hydrogen-bond donors (Lipinski definition) is 2. The van der Waals surface area contributed by atoms with Crippen LogP contribution in [0.25, 0.3) is 0 Å². The first-order valence-electron chi connectivity index (χ1n) is 5.53. The van der Waals surface area contributed by atoms with E-state index in [1.807, 2.05) is 18.4 Å². The highest BCUT2D eigenvalue weighted by molar-refractivity contribution is 7.98. The number of thioether (sulfide) groups is 1. The Labute approximate surface area is 111 Å². The Morgan fingerprint density at radius 1 is 1.33 bits per heavy atom. The molecule has 1 aromatic carbocycles. The van der Waals surface area contributed by atoms with Gasteiger partial charge in [0.1, 0.15) is 0 Å². The van der Waals surface area contributed by atoms with Crippen LogP contribution in [0.2, 0.25) is 0 Å². The fourth-order valence-electron chi connectivity index (χ4n) is 1.30. The summed E-state index contributed by atoms with van der Waals surface area (Å²) in [6.45, 7) is 3.26. The van der Waals surface area contributed by atoms with Crippen molar-refractivity contribution in [2.45, 2.75) is 18.7 Å². The third kappa shape index (κ3) is 3.50. The van der Waals surface area contributed by atoms with Crippen molar-refractivity contribution in [3.63, 3.8) is 0 Å². The molecule has 98 valence electrons. The highest BCUT2D eigenvalue weighted by Crippen LogP contribution is 2.20. The Hall–Kier alpha value is -1.49. The molecule has 0 heterocycles. The monoisotopic (exact) mass is 267 g/mol. The van der Waals surface area contributed by atoms with Gasteiger partial charge in [-0.25, -0.2) is 0 Å². The quantitative estimate of drug-likeness (QED) is 0.803. The van der Waals surface area contributed by atoms with Crippen molar-refractivity contribution in [1.29, 1.82) is 0 Å². The maximum atomic E-state index is 12.0. The Morgan fingerprint density at radius 3 is 2.50 bits per heavy atom. The van der Waals surface area contributed by atoms with Crippen LogP contribution in [0.4, 0.5) is 0 Å². The van der Waals surface area contributed by atoms with Crippen LogP contribution in [0.1, 0.15) is 24.2 Å². The second-order valence-corrected chi connectivity index (χ2v) is 5.42. The van der Waals surface area contributed by atoms with Crippen LogP contribution in [0.3, 0.4) is 0 Å². The molecule has 0 aliphatic carbocycles. The molecule has 0 aliphatic rings. The molecule has 1 aromatic rings. The van der Waals surface area contributed by atoms with Gasteiger partial charge in [-0.2, -0.15) is 0 Å². The predicted octanol–water partition coefficient (Wildman–Crippen LogP) is 2.25. The van der Waals surface area contributed by atoms with Gasteiger partial charge in [-0.1, -0.05) is 12.1 Å². The predicted molar refractivity (Wildman–Crippen MR) is 72.0 cm³/mol. The summed E-state index contributed by atoms with van der Waals surface area (Å²) in [5.41, 5.74) is -0.393. The molecule has 0 saturated heterocycles. The van der Waals surface area contributed by atoms with Crippen LogP contribution >= 0.6 is 11.8 Å². The molecule has 0 aliphatic heterocycles. The molecule has 0 bridgehead atoms. The summed E-state index contributed by atoms with van der Waals surface area (Å²) in [4.78, 5) is 23.8. The first-order chi connectivity index (χ1) is 8.38. The zero-order valence-electron chi connectivity index (χ0n) is 10.7. The van der Waals surface area contributed by atoms with E-state index in [1.165, 1.54) is 11.8 Å². The Balaban J connectivity index is 2.75. The molecule has 0 radical (unpaired) electrons. The summed E-state index contributed by atoms with van der Waals surface area (Å²) in [5, 5.41) is 11.6. The lowest BCUT2D eigenvalue weighted by molar-refractivity contribution is -0.146. The van der Waals surface area contributed by atoms with Crippen LogP contribution in [-0.2, 0) is 4.79 Å². The number of nitrogens with one attached hydrogen (secondary N) is 1. The van der Waals surface area contributed by atoms with Gasteiger partial charge >= 0.3 is 5.97 Å². The molecule has 0 atom stereocenters. The van der Waals surface area contributed by atoms with Crippen LogP contribution in [0, 0.1) is 5.41 Å². The van der Waals surface area contributed by atoms with Crippen molar-refractivity contribution >= 4 is 23.6 Å². The molecular weight excluding hydrogens is 250 g/mol. The van der Waals surface area contributed by atoms with Gasteiger partial charge in [0.25, 0.3) is 5.91 Å². The molecule has 4 nitrogen and oxygen atoms in total. The van der Waals surface area contributed by atoms with E-state index < -0.39 is 11.4 Å². The number of hydrogen-bond acceptors (Lipinski definition) is 3. The first kappa shape index (κ1) is 14.6. The fourth-order valence-corrected chi connectivity index (χ4v) is 1.90. The van der Waals surface area contributed by atoms with Crippen molar-refractivity contribution in [3.05, 3.63) is 29.8 Å². The van der Waals surface area contributed by atoms with Gasteiger partial charge in [-0.15, -0.1) is 11.8 Å². The Bertz CT molecular complexity index is 457. The fraction of sp³-hybridized carbons (Fsp3) is 0.385. The lowest BCUT2D eigenvalue weighted by atomic mass is 9.94. The van der Waals surface area contributed by atoms with Crippen molar-refractivity contribution < 1.29 is 14.7 Å². The molecule has 0 fully saturated rings. The highest BCUT2D eigenvalue weighted by atomic mass is 32.2. The second kappa shape index (κ2) is 5.91. The number of benzene rings is 1. The van der Waals surface area contributed by atoms with Crippen LogP contribution in [0.15, 0.2) is 29.2 Å². The van der Waals surface area contributed by atoms with E-state index in [0.717, 1.165) is 4.90 Å². The van der Waals surface area contributed by atoms with Crippen LogP contribution in [0.5, 0.6) is 0 Å². The summed E-state index contributed by atoms with van der Waals surface area (Å²) in [6.07, 6.45) is 1.90. The van der Waals surface area contributed by atoms with E-state index in [1.54, 1.807) is 26.0 Å². The van der Waals surface area contributed by atoms with Crippen LogP contribution < -0.4 is 5.32 Å². The van der Waals surface area contributed by atoms with Gasteiger partial charge < -0.3 is 10.4 Å². The normalized spacial score (nSPS) is 11.1. The lowest BCUT2D eigenvalue weighted by Crippen LogP contribution is -2.39. The molecule has 0 spiro atoms. The largest absolute Gasteiger partial charge is 0.481 e. The molecule has 0 aromatic heterocycles. The number of amides is 1. The minimum atomic E-state index is -0.968. The minimum absolute atomic E-state index is 0.101. The van der Waals surface area contributed by atoms with Gasteiger partial charge in [0.05, 0.1) is 11.0 Å². The molecule has 1 amide bonds. The SMILES string of the molecule is CSc1ccccc1C(=O)NCC(C)(C)C(=O)O. The molecule has 2 N–H and O–H groups in total. The van der Waals surface area contributed by atoms with Gasteiger partial charge in [-0.05, 0) is 32.2 Å². The van der Waals surface area contributed by atoms with E-state index in [9.17, 15) is 9.59 Å². The van der Waals surface area contributed by atoms with Gasteiger partial charge in [0, 0.05) is 11.4 Å². The number of carboxylic acids is 1. The van der Waals surface area contributed by atoms with Crippen molar-refractivity contribution in [1.82, 2.24) is 5.32 Å². The Kier molecular flexibility index (Phi) is 4.78. The third-order valence-electron chi connectivity index (χ3n) is 2.62. The van der Waals surface area contributed by atoms with E-state index in [2.05, 4.69) is 5.32 Å². The molecular formula is C13H17NO3S. The van der Waals surface area contributed by atoms with Crippen LogP contribution in [-0.4, -0.2) is 29.8 Å². The molecule has 0 saturated carbocycles. The van der Waals surface area contributed by atoms with Crippen molar-refractivity contribution in [2.75, 3.05) is 12.8 Å². The third-order valence-corrected chi connectivity index (χ3v) is 3.42. The summed E-state index contributed by atoms with van der Waals surface area (Å²) < 4.78 is 0. The molecule has 5 heteroatoms. The summed E-state index contributed by atoms with van der Waals surface area (Å²) in [7, 11) is 0. The van der Waals surface area contributed by atoms with E-state index in [4.69, 9.17) is 5.11 Å². The number of carbonyl (C=O) groups excluding carboxylic acids is 1. The average molecular weight is 267 g/mol. The second-order valence-electron chi connectivity index (χ2n) is 4.57. The number of carboxylic acid groups (broad SMARTS) is 1. The lowest BCUT2D eigenvalue weighted by Gasteiger charge is -2.19. The maximum absolute atomic E-state index is 12.0. The van der Waals surface area contributed by atoms with Crippen molar-refractivity contribution in [3.8, 4) is 0 Å². The molecule has 18 heavy (non-hydrogen) atoms.